The number of hydrogen-bond donors (Lipinski definition) is 2. The third kappa shape index (κ3) is 1.52. The Bertz CT molecular complexity index is 464. The van der Waals surface area contributed by atoms with Crippen LogP contribution in [0.25, 0.3) is 10.9 Å². The lowest BCUT2D eigenvalue weighted by atomic mass is 10.3. The van der Waals surface area contributed by atoms with Gasteiger partial charge in [-0.2, -0.15) is 0 Å². The predicted octanol–water partition coefficient (Wildman–Crippen LogP) is 1.03. The van der Waals surface area contributed by atoms with Gasteiger partial charge in [0.2, 0.25) is 0 Å². The normalized spacial score (nSPS) is 10.3. The molecular weight excluding hydrogens is 184 g/mol. The molecule has 0 unspecified atom stereocenters. The second kappa shape index (κ2) is 3.37. The number of aromatic amines is 1. The van der Waals surface area contributed by atoms with Gasteiger partial charge in [-0.1, -0.05) is 0 Å². The van der Waals surface area contributed by atoms with Crippen LogP contribution in [-0.2, 0) is 4.79 Å². The van der Waals surface area contributed by atoms with Crippen molar-refractivity contribution < 1.29 is 14.6 Å². The number of carboxylic acid groups (broad SMARTS) is 1. The van der Waals surface area contributed by atoms with E-state index in [1.54, 1.807) is 24.7 Å². The van der Waals surface area contributed by atoms with Crippen LogP contribution >= 0.6 is 0 Å². The summed E-state index contributed by atoms with van der Waals surface area (Å²) in [6, 6.07) is 1.79. The number of nitrogens with zero attached hydrogens (tertiary/aromatic N) is 1. The van der Waals surface area contributed by atoms with Crippen molar-refractivity contribution in [1.29, 1.82) is 0 Å². The first kappa shape index (κ1) is 8.55. The molecule has 2 aromatic heterocycles. The highest BCUT2D eigenvalue weighted by molar-refractivity contribution is 5.85. The average Bonchev–Trinajstić information content (AvgIpc) is 2.58. The number of ether oxygens (including phenoxy) is 1. The third-order valence-corrected chi connectivity index (χ3v) is 1.80. The maximum absolute atomic E-state index is 10.3. The van der Waals surface area contributed by atoms with Gasteiger partial charge in [-0.05, 0) is 6.07 Å². The van der Waals surface area contributed by atoms with Gasteiger partial charge in [-0.15, -0.1) is 0 Å². The molecule has 0 aliphatic carbocycles. The summed E-state index contributed by atoms with van der Waals surface area (Å²) < 4.78 is 5.05. The number of carboxylic acids is 1. The summed E-state index contributed by atoms with van der Waals surface area (Å²) in [5.41, 5.74) is 0.875. The molecule has 2 N–H and O–H groups in total. The van der Waals surface area contributed by atoms with Crippen molar-refractivity contribution in [3.63, 3.8) is 0 Å². The van der Waals surface area contributed by atoms with Crippen LogP contribution in [0.1, 0.15) is 0 Å². The Morgan fingerprint density at radius 1 is 1.64 bits per heavy atom. The van der Waals surface area contributed by atoms with Crippen LogP contribution in [0.15, 0.2) is 24.7 Å². The standard InChI is InChI=1S/C9H8N2O3/c12-9(13)5-14-8-4-11-7-1-2-10-3-6(7)8/h1-4,11H,5H2,(H,12,13). The van der Waals surface area contributed by atoms with E-state index in [1.165, 1.54) is 0 Å². The molecule has 0 aliphatic rings. The monoisotopic (exact) mass is 192 g/mol. The Kier molecular flexibility index (Phi) is 2.06. The van der Waals surface area contributed by atoms with Gasteiger partial charge in [0.15, 0.2) is 6.61 Å². The summed E-state index contributed by atoms with van der Waals surface area (Å²) in [5, 5.41) is 9.22. The molecular formula is C9H8N2O3. The molecule has 2 rings (SSSR count). The largest absolute Gasteiger partial charge is 0.480 e. The number of nitrogens with one attached hydrogen (secondary N) is 1. The van der Waals surface area contributed by atoms with Crippen LogP contribution in [0.4, 0.5) is 0 Å². The number of carbonyl (C=O) groups is 1. The van der Waals surface area contributed by atoms with Crippen molar-refractivity contribution >= 4 is 16.9 Å². The summed E-state index contributed by atoms with van der Waals surface area (Å²) in [6.07, 6.45) is 4.90. The molecule has 0 spiro atoms. The zero-order valence-electron chi connectivity index (χ0n) is 7.23. The number of aliphatic carboxylic acids is 1. The molecule has 5 nitrogen and oxygen atoms in total. The van der Waals surface area contributed by atoms with Gasteiger partial charge >= 0.3 is 5.97 Å². The summed E-state index contributed by atoms with van der Waals surface area (Å²) in [5.74, 6) is -0.487. The van der Waals surface area contributed by atoms with Crippen molar-refractivity contribution in [2.75, 3.05) is 6.61 Å². The summed E-state index contributed by atoms with van der Waals surface area (Å²) >= 11 is 0. The fourth-order valence-electron chi connectivity index (χ4n) is 1.20. The lowest BCUT2D eigenvalue weighted by molar-refractivity contribution is -0.139. The van der Waals surface area contributed by atoms with E-state index in [2.05, 4.69) is 9.97 Å². The number of pyridine rings is 1. The van der Waals surface area contributed by atoms with Gasteiger partial charge < -0.3 is 14.8 Å². The number of H-pyrrole nitrogens is 1. The smallest absolute Gasteiger partial charge is 0.341 e. The Morgan fingerprint density at radius 2 is 2.50 bits per heavy atom. The van der Waals surface area contributed by atoms with Gasteiger partial charge in [0.1, 0.15) is 5.75 Å². The highest BCUT2D eigenvalue weighted by Gasteiger charge is 2.05. The average molecular weight is 192 g/mol. The van der Waals surface area contributed by atoms with Crippen LogP contribution < -0.4 is 4.74 Å². The van der Waals surface area contributed by atoms with E-state index in [4.69, 9.17) is 9.84 Å². The van der Waals surface area contributed by atoms with Crippen molar-refractivity contribution in [3.8, 4) is 5.75 Å². The lowest BCUT2D eigenvalue weighted by Gasteiger charge is -1.99. The van der Waals surface area contributed by atoms with E-state index in [0.717, 1.165) is 10.9 Å². The van der Waals surface area contributed by atoms with Crippen LogP contribution in [-0.4, -0.2) is 27.7 Å². The first-order valence-electron chi connectivity index (χ1n) is 4.03. The molecule has 5 heteroatoms. The number of rotatable bonds is 3. The van der Waals surface area contributed by atoms with E-state index >= 15 is 0 Å². The van der Waals surface area contributed by atoms with Crippen molar-refractivity contribution in [2.24, 2.45) is 0 Å². The highest BCUT2D eigenvalue weighted by atomic mass is 16.5. The molecule has 0 saturated carbocycles. The Hall–Kier alpha value is -2.04. The summed E-state index contributed by atoms with van der Waals surface area (Å²) in [4.78, 5) is 17.2. The molecule has 72 valence electrons. The minimum Gasteiger partial charge on any atom is -0.480 e. The predicted molar refractivity (Wildman–Crippen MR) is 49.2 cm³/mol. The fraction of sp³-hybridized carbons (Fsp3) is 0.111. The molecule has 14 heavy (non-hydrogen) atoms. The first-order valence-corrected chi connectivity index (χ1v) is 4.03. The van der Waals surface area contributed by atoms with Gasteiger partial charge in [0, 0.05) is 18.6 Å². The molecule has 0 saturated heterocycles. The zero-order chi connectivity index (χ0) is 9.97. The number of hydrogen-bond acceptors (Lipinski definition) is 3. The van der Waals surface area contributed by atoms with Gasteiger partial charge in [-0.25, -0.2) is 4.79 Å². The molecule has 0 atom stereocenters. The molecule has 2 aromatic rings. The van der Waals surface area contributed by atoms with Crippen LogP contribution in [0, 0.1) is 0 Å². The van der Waals surface area contributed by atoms with Crippen LogP contribution in [0.5, 0.6) is 5.75 Å². The van der Waals surface area contributed by atoms with Crippen molar-refractivity contribution in [3.05, 3.63) is 24.7 Å². The van der Waals surface area contributed by atoms with Crippen molar-refractivity contribution in [1.82, 2.24) is 9.97 Å². The highest BCUT2D eigenvalue weighted by Crippen LogP contribution is 2.23. The quantitative estimate of drug-likeness (QED) is 0.761. The Labute approximate surface area is 79.3 Å². The molecule has 0 aromatic carbocycles. The third-order valence-electron chi connectivity index (χ3n) is 1.80. The van der Waals surface area contributed by atoms with Crippen LogP contribution in [0.2, 0.25) is 0 Å². The van der Waals surface area contributed by atoms with Crippen molar-refractivity contribution in [2.45, 2.75) is 0 Å². The molecule has 0 aliphatic heterocycles. The molecule has 0 bridgehead atoms. The molecule has 0 fully saturated rings. The number of aromatic nitrogens is 2. The second-order valence-corrected chi connectivity index (χ2v) is 2.76. The number of fused-ring (bicyclic) bond motifs is 1. The van der Waals surface area contributed by atoms with Gasteiger partial charge in [0.05, 0.1) is 10.9 Å². The Morgan fingerprint density at radius 3 is 3.29 bits per heavy atom. The topological polar surface area (TPSA) is 75.2 Å². The second-order valence-electron chi connectivity index (χ2n) is 2.76. The van der Waals surface area contributed by atoms with Crippen LogP contribution in [0.3, 0.4) is 0 Å². The van der Waals surface area contributed by atoms with Gasteiger partial charge in [0.25, 0.3) is 0 Å². The first-order chi connectivity index (χ1) is 6.77. The SMILES string of the molecule is O=C(O)COc1c[nH]c2ccncc12. The minimum absolute atomic E-state index is 0.345. The summed E-state index contributed by atoms with van der Waals surface area (Å²) in [7, 11) is 0. The van der Waals surface area contributed by atoms with E-state index in [1.807, 2.05) is 0 Å². The molecule has 0 amide bonds. The maximum Gasteiger partial charge on any atom is 0.341 e. The Balaban J connectivity index is 2.29. The molecule has 2 heterocycles. The van der Waals surface area contributed by atoms with Gasteiger partial charge in [-0.3, -0.25) is 4.98 Å². The molecule has 0 radical (unpaired) electrons. The summed E-state index contributed by atoms with van der Waals surface area (Å²) in [6.45, 7) is -0.345. The van der Waals surface area contributed by atoms with E-state index in [0.29, 0.717) is 5.75 Å². The minimum atomic E-state index is -0.997. The van der Waals surface area contributed by atoms with E-state index in [9.17, 15) is 4.79 Å². The van der Waals surface area contributed by atoms with E-state index in [-0.39, 0.29) is 6.61 Å². The zero-order valence-corrected chi connectivity index (χ0v) is 7.23. The fourth-order valence-corrected chi connectivity index (χ4v) is 1.20. The maximum atomic E-state index is 10.3. The lowest BCUT2D eigenvalue weighted by Crippen LogP contribution is -2.08. The van der Waals surface area contributed by atoms with E-state index < -0.39 is 5.97 Å².